The van der Waals surface area contributed by atoms with E-state index in [1.807, 2.05) is 12.1 Å². The Morgan fingerprint density at radius 3 is 2.75 bits per heavy atom. The zero-order valence-corrected chi connectivity index (χ0v) is 10.8. The highest BCUT2D eigenvalue weighted by Crippen LogP contribution is 2.47. The number of halogens is 1. The van der Waals surface area contributed by atoms with E-state index >= 15 is 0 Å². The van der Waals surface area contributed by atoms with Gasteiger partial charge in [0, 0.05) is 5.54 Å². The smallest absolute Gasteiger partial charge is 0.133 e. The molecule has 0 amide bonds. The fourth-order valence-corrected chi connectivity index (χ4v) is 2.68. The number of ether oxygens (including phenoxy) is 1. The molecular weight excluding hydrogens is 266 g/mol. The standard InChI is InChI=1S/C13H16BrNO/c14-12-10(13(15)6-7-13)2-1-3-11(12)16-8-9-4-5-9/h1-3,9H,4-8,15H2. The van der Waals surface area contributed by atoms with Crippen molar-refractivity contribution in [2.75, 3.05) is 6.61 Å². The van der Waals surface area contributed by atoms with E-state index in [0.29, 0.717) is 0 Å². The Kier molecular flexibility index (Phi) is 2.48. The minimum atomic E-state index is -0.0994. The van der Waals surface area contributed by atoms with Crippen LogP contribution in [0.2, 0.25) is 0 Å². The van der Waals surface area contributed by atoms with Crippen LogP contribution >= 0.6 is 15.9 Å². The van der Waals surface area contributed by atoms with E-state index in [1.165, 1.54) is 18.4 Å². The van der Waals surface area contributed by atoms with Crippen molar-refractivity contribution in [2.24, 2.45) is 11.7 Å². The van der Waals surface area contributed by atoms with Crippen LogP contribution in [0.3, 0.4) is 0 Å². The van der Waals surface area contributed by atoms with Crippen molar-refractivity contribution in [1.82, 2.24) is 0 Å². The molecular formula is C13H16BrNO. The Morgan fingerprint density at radius 1 is 1.38 bits per heavy atom. The summed E-state index contributed by atoms with van der Waals surface area (Å²) in [5, 5.41) is 0. The SMILES string of the molecule is NC1(c2cccc(OCC3CC3)c2Br)CC1. The van der Waals surface area contributed by atoms with Crippen molar-refractivity contribution in [3.05, 3.63) is 28.2 Å². The second-order valence-electron chi connectivity index (χ2n) is 5.03. The number of benzene rings is 1. The number of hydrogen-bond acceptors (Lipinski definition) is 2. The quantitative estimate of drug-likeness (QED) is 0.920. The van der Waals surface area contributed by atoms with Gasteiger partial charge in [-0.15, -0.1) is 0 Å². The summed E-state index contributed by atoms with van der Waals surface area (Å²) >= 11 is 3.62. The lowest BCUT2D eigenvalue weighted by Crippen LogP contribution is -2.19. The predicted molar refractivity (Wildman–Crippen MR) is 67.5 cm³/mol. The van der Waals surface area contributed by atoms with Gasteiger partial charge in [-0.2, -0.15) is 0 Å². The Hall–Kier alpha value is -0.540. The minimum absolute atomic E-state index is 0.0994. The van der Waals surface area contributed by atoms with Gasteiger partial charge in [-0.05, 0) is 59.2 Å². The maximum absolute atomic E-state index is 6.22. The molecule has 0 aromatic heterocycles. The van der Waals surface area contributed by atoms with E-state index in [1.54, 1.807) is 0 Å². The third kappa shape index (κ3) is 1.98. The monoisotopic (exact) mass is 281 g/mol. The average Bonchev–Trinajstić information content (AvgIpc) is 3.14. The Balaban J connectivity index is 1.81. The van der Waals surface area contributed by atoms with Gasteiger partial charge in [-0.3, -0.25) is 0 Å². The first-order valence-electron chi connectivity index (χ1n) is 5.90. The summed E-state index contributed by atoms with van der Waals surface area (Å²) in [6.07, 6.45) is 4.80. The molecule has 2 fully saturated rings. The fraction of sp³-hybridized carbons (Fsp3) is 0.538. The van der Waals surface area contributed by atoms with Gasteiger partial charge < -0.3 is 10.5 Å². The molecule has 0 aliphatic heterocycles. The zero-order valence-electron chi connectivity index (χ0n) is 9.21. The van der Waals surface area contributed by atoms with Gasteiger partial charge in [0.15, 0.2) is 0 Å². The molecule has 0 atom stereocenters. The molecule has 86 valence electrons. The van der Waals surface area contributed by atoms with Crippen LogP contribution in [0.25, 0.3) is 0 Å². The molecule has 2 nitrogen and oxygen atoms in total. The van der Waals surface area contributed by atoms with Crippen LogP contribution < -0.4 is 10.5 Å². The summed E-state index contributed by atoms with van der Waals surface area (Å²) in [5.41, 5.74) is 7.32. The van der Waals surface area contributed by atoms with Crippen LogP contribution in [0.4, 0.5) is 0 Å². The zero-order chi connectivity index (χ0) is 11.2. The van der Waals surface area contributed by atoms with Gasteiger partial charge in [0.2, 0.25) is 0 Å². The highest BCUT2D eigenvalue weighted by Gasteiger charge is 2.41. The average molecular weight is 282 g/mol. The van der Waals surface area contributed by atoms with E-state index in [4.69, 9.17) is 10.5 Å². The second-order valence-corrected chi connectivity index (χ2v) is 5.82. The Morgan fingerprint density at radius 2 is 2.12 bits per heavy atom. The molecule has 2 saturated carbocycles. The van der Waals surface area contributed by atoms with Gasteiger partial charge in [-0.25, -0.2) is 0 Å². The lowest BCUT2D eigenvalue weighted by Gasteiger charge is -2.15. The summed E-state index contributed by atoms with van der Waals surface area (Å²) in [6, 6.07) is 6.15. The molecule has 0 spiro atoms. The molecule has 0 bridgehead atoms. The molecule has 2 aliphatic carbocycles. The minimum Gasteiger partial charge on any atom is -0.492 e. The van der Waals surface area contributed by atoms with Crippen molar-refractivity contribution in [3.63, 3.8) is 0 Å². The summed E-state index contributed by atoms with van der Waals surface area (Å²) in [7, 11) is 0. The van der Waals surface area contributed by atoms with E-state index < -0.39 is 0 Å². The maximum Gasteiger partial charge on any atom is 0.133 e. The summed E-state index contributed by atoms with van der Waals surface area (Å²) in [6.45, 7) is 0.847. The predicted octanol–water partition coefficient (Wildman–Crippen LogP) is 3.19. The number of hydrogen-bond donors (Lipinski definition) is 1. The first-order chi connectivity index (χ1) is 7.69. The van der Waals surface area contributed by atoms with Crippen LogP contribution in [0, 0.1) is 5.92 Å². The molecule has 16 heavy (non-hydrogen) atoms. The van der Waals surface area contributed by atoms with Gasteiger partial charge >= 0.3 is 0 Å². The summed E-state index contributed by atoms with van der Waals surface area (Å²) in [4.78, 5) is 0. The first-order valence-corrected chi connectivity index (χ1v) is 6.69. The lowest BCUT2D eigenvalue weighted by molar-refractivity contribution is 0.297. The molecule has 0 saturated heterocycles. The molecule has 0 radical (unpaired) electrons. The van der Waals surface area contributed by atoms with Crippen LogP contribution in [-0.2, 0) is 5.54 Å². The largest absolute Gasteiger partial charge is 0.492 e. The Labute approximate surface area is 104 Å². The second kappa shape index (κ2) is 3.74. The highest BCUT2D eigenvalue weighted by molar-refractivity contribution is 9.10. The molecule has 0 heterocycles. The van der Waals surface area contributed by atoms with Crippen molar-refractivity contribution in [1.29, 1.82) is 0 Å². The first kappa shape index (κ1) is 10.6. The molecule has 1 aromatic rings. The van der Waals surface area contributed by atoms with E-state index in [9.17, 15) is 0 Å². The van der Waals surface area contributed by atoms with Crippen LogP contribution in [0.1, 0.15) is 31.2 Å². The van der Waals surface area contributed by atoms with Crippen LogP contribution in [-0.4, -0.2) is 6.61 Å². The molecule has 2 aliphatic rings. The normalized spacial score (nSPS) is 21.9. The van der Waals surface area contributed by atoms with Gasteiger partial charge in [0.25, 0.3) is 0 Å². The van der Waals surface area contributed by atoms with Crippen molar-refractivity contribution < 1.29 is 4.74 Å². The highest BCUT2D eigenvalue weighted by atomic mass is 79.9. The number of nitrogens with two attached hydrogens (primary N) is 1. The number of rotatable bonds is 4. The van der Waals surface area contributed by atoms with Gasteiger partial charge in [0.05, 0.1) is 11.1 Å². The van der Waals surface area contributed by atoms with E-state index in [-0.39, 0.29) is 5.54 Å². The van der Waals surface area contributed by atoms with Crippen LogP contribution in [0.15, 0.2) is 22.7 Å². The van der Waals surface area contributed by atoms with Crippen molar-refractivity contribution in [3.8, 4) is 5.75 Å². The lowest BCUT2D eigenvalue weighted by atomic mass is 10.1. The maximum atomic E-state index is 6.22. The Bertz CT molecular complexity index is 410. The third-order valence-electron chi connectivity index (χ3n) is 3.46. The molecule has 3 heteroatoms. The molecule has 0 unspecified atom stereocenters. The molecule has 2 N–H and O–H groups in total. The topological polar surface area (TPSA) is 35.2 Å². The van der Waals surface area contributed by atoms with E-state index in [0.717, 1.165) is 35.6 Å². The molecule has 1 aromatic carbocycles. The molecule has 3 rings (SSSR count). The van der Waals surface area contributed by atoms with Gasteiger partial charge in [-0.1, -0.05) is 12.1 Å². The van der Waals surface area contributed by atoms with Gasteiger partial charge in [0.1, 0.15) is 5.75 Å². The van der Waals surface area contributed by atoms with Crippen LogP contribution in [0.5, 0.6) is 5.75 Å². The summed E-state index contributed by atoms with van der Waals surface area (Å²) in [5.74, 6) is 1.73. The van der Waals surface area contributed by atoms with E-state index in [2.05, 4.69) is 22.0 Å². The summed E-state index contributed by atoms with van der Waals surface area (Å²) < 4.78 is 6.87. The third-order valence-corrected chi connectivity index (χ3v) is 4.28. The fourth-order valence-electron chi connectivity index (χ4n) is 1.90. The van der Waals surface area contributed by atoms with Crippen molar-refractivity contribution >= 4 is 15.9 Å². The van der Waals surface area contributed by atoms with Crippen molar-refractivity contribution in [2.45, 2.75) is 31.2 Å².